The molecule has 0 bridgehead atoms. The second kappa shape index (κ2) is 12.3. The van der Waals surface area contributed by atoms with Gasteiger partial charge in [-0.15, -0.1) is 24.0 Å². The zero-order valence-electron chi connectivity index (χ0n) is 15.8. The minimum absolute atomic E-state index is 0. The number of aromatic nitrogens is 1. The predicted molar refractivity (Wildman–Crippen MR) is 116 cm³/mol. The van der Waals surface area contributed by atoms with Crippen LogP contribution in [0.2, 0.25) is 0 Å². The van der Waals surface area contributed by atoms with Gasteiger partial charge in [0.1, 0.15) is 5.82 Å². The standard InChI is InChI=1S/C19H25FN4O2.HI/c1-4-21-19(24-13-16-15(20)6-5-10-22-16)23-11-9-14-7-8-17(25-2)18(12-14)26-3;/h5-8,10,12H,4,9,11,13H2,1-3H3,(H2,21,23,24);1H. The van der Waals surface area contributed by atoms with Gasteiger partial charge in [-0.3, -0.25) is 4.98 Å². The summed E-state index contributed by atoms with van der Waals surface area (Å²) in [4.78, 5) is 8.39. The van der Waals surface area contributed by atoms with Gasteiger partial charge in [0, 0.05) is 19.3 Å². The fraction of sp³-hybridized carbons (Fsp3) is 0.368. The van der Waals surface area contributed by atoms with Crippen LogP contribution >= 0.6 is 24.0 Å². The maximum Gasteiger partial charge on any atom is 0.191 e. The van der Waals surface area contributed by atoms with Crippen LogP contribution in [0.4, 0.5) is 4.39 Å². The first-order valence-corrected chi connectivity index (χ1v) is 8.50. The first-order valence-electron chi connectivity index (χ1n) is 8.50. The molecule has 0 radical (unpaired) electrons. The van der Waals surface area contributed by atoms with E-state index in [0.29, 0.717) is 36.2 Å². The number of pyridine rings is 1. The van der Waals surface area contributed by atoms with Crippen LogP contribution in [0.3, 0.4) is 0 Å². The van der Waals surface area contributed by atoms with E-state index in [-0.39, 0.29) is 36.3 Å². The SMILES string of the molecule is CCNC(=NCc1ncccc1F)NCCc1ccc(OC)c(OC)c1.I. The van der Waals surface area contributed by atoms with Crippen molar-refractivity contribution in [1.82, 2.24) is 15.6 Å². The molecule has 0 atom stereocenters. The molecule has 6 nitrogen and oxygen atoms in total. The van der Waals surface area contributed by atoms with Gasteiger partial charge in [0.05, 0.1) is 26.5 Å². The summed E-state index contributed by atoms with van der Waals surface area (Å²) in [5.41, 5.74) is 1.44. The van der Waals surface area contributed by atoms with E-state index in [1.165, 1.54) is 6.07 Å². The molecule has 0 spiro atoms. The maximum absolute atomic E-state index is 13.6. The molecule has 1 aromatic carbocycles. The largest absolute Gasteiger partial charge is 0.493 e. The Bertz CT molecular complexity index is 743. The Hall–Kier alpha value is -2.10. The molecule has 0 saturated heterocycles. The molecule has 2 aromatic rings. The highest BCUT2D eigenvalue weighted by Crippen LogP contribution is 2.27. The molecule has 0 amide bonds. The topological polar surface area (TPSA) is 67.8 Å². The van der Waals surface area contributed by atoms with Crippen LogP contribution in [0.15, 0.2) is 41.5 Å². The summed E-state index contributed by atoms with van der Waals surface area (Å²) in [5.74, 6) is 1.68. The molecule has 0 unspecified atom stereocenters. The summed E-state index contributed by atoms with van der Waals surface area (Å²) in [5, 5.41) is 6.38. The van der Waals surface area contributed by atoms with Crippen molar-refractivity contribution in [1.29, 1.82) is 0 Å². The Morgan fingerprint density at radius 3 is 2.59 bits per heavy atom. The van der Waals surface area contributed by atoms with Gasteiger partial charge in [-0.2, -0.15) is 0 Å². The number of nitrogens with zero attached hydrogens (tertiary/aromatic N) is 2. The smallest absolute Gasteiger partial charge is 0.191 e. The van der Waals surface area contributed by atoms with E-state index in [1.807, 2.05) is 25.1 Å². The third-order valence-electron chi connectivity index (χ3n) is 3.72. The van der Waals surface area contributed by atoms with E-state index in [2.05, 4.69) is 20.6 Å². The molecule has 2 rings (SSSR count). The Labute approximate surface area is 176 Å². The summed E-state index contributed by atoms with van der Waals surface area (Å²) in [7, 11) is 3.23. The van der Waals surface area contributed by atoms with Crippen LogP contribution in [-0.4, -0.2) is 38.3 Å². The molecule has 2 N–H and O–H groups in total. The number of methoxy groups -OCH3 is 2. The minimum atomic E-state index is -0.350. The Kier molecular flexibility index (Phi) is 10.5. The lowest BCUT2D eigenvalue weighted by molar-refractivity contribution is 0.354. The lowest BCUT2D eigenvalue weighted by Gasteiger charge is -2.12. The van der Waals surface area contributed by atoms with Crippen LogP contribution in [0, 0.1) is 5.82 Å². The molecule has 0 aliphatic rings. The van der Waals surface area contributed by atoms with Crippen molar-refractivity contribution in [2.45, 2.75) is 19.9 Å². The lowest BCUT2D eigenvalue weighted by Crippen LogP contribution is -2.38. The zero-order valence-corrected chi connectivity index (χ0v) is 18.1. The van der Waals surface area contributed by atoms with Crippen molar-refractivity contribution < 1.29 is 13.9 Å². The second-order valence-corrected chi connectivity index (χ2v) is 5.49. The first kappa shape index (κ1) is 22.9. The monoisotopic (exact) mass is 488 g/mol. The second-order valence-electron chi connectivity index (χ2n) is 5.49. The van der Waals surface area contributed by atoms with Crippen LogP contribution < -0.4 is 20.1 Å². The van der Waals surface area contributed by atoms with Gasteiger partial charge in [0.2, 0.25) is 0 Å². The number of benzene rings is 1. The molecular weight excluding hydrogens is 462 g/mol. The van der Waals surface area contributed by atoms with Gasteiger partial charge in [0.15, 0.2) is 17.5 Å². The van der Waals surface area contributed by atoms with E-state index in [1.54, 1.807) is 26.5 Å². The molecule has 148 valence electrons. The lowest BCUT2D eigenvalue weighted by atomic mass is 10.1. The van der Waals surface area contributed by atoms with Gasteiger partial charge in [-0.1, -0.05) is 6.07 Å². The van der Waals surface area contributed by atoms with Gasteiger partial charge in [-0.25, -0.2) is 9.38 Å². The summed E-state index contributed by atoms with van der Waals surface area (Å²) in [6, 6.07) is 8.78. The summed E-state index contributed by atoms with van der Waals surface area (Å²) < 4.78 is 24.2. The average molecular weight is 488 g/mol. The third-order valence-corrected chi connectivity index (χ3v) is 3.72. The van der Waals surface area contributed by atoms with Crippen LogP contribution in [0.25, 0.3) is 0 Å². The number of ether oxygens (including phenoxy) is 2. The summed E-state index contributed by atoms with van der Waals surface area (Å²) in [6.07, 6.45) is 2.34. The van der Waals surface area contributed by atoms with Crippen LogP contribution in [0.1, 0.15) is 18.2 Å². The average Bonchev–Trinajstić information content (AvgIpc) is 2.67. The molecule has 0 aliphatic carbocycles. The van der Waals surface area contributed by atoms with E-state index >= 15 is 0 Å². The third kappa shape index (κ3) is 7.20. The van der Waals surface area contributed by atoms with Gasteiger partial charge in [-0.05, 0) is 43.2 Å². The quantitative estimate of drug-likeness (QED) is 0.340. The number of guanidine groups is 1. The van der Waals surface area contributed by atoms with Crippen molar-refractivity contribution in [2.24, 2.45) is 4.99 Å². The minimum Gasteiger partial charge on any atom is -0.493 e. The highest BCUT2D eigenvalue weighted by molar-refractivity contribution is 14.0. The number of aliphatic imine (C=N–C) groups is 1. The molecule has 1 heterocycles. The fourth-order valence-electron chi connectivity index (χ4n) is 2.39. The van der Waals surface area contributed by atoms with E-state index < -0.39 is 0 Å². The Morgan fingerprint density at radius 1 is 1.15 bits per heavy atom. The van der Waals surface area contributed by atoms with Crippen molar-refractivity contribution in [3.8, 4) is 11.5 Å². The van der Waals surface area contributed by atoms with Crippen molar-refractivity contribution >= 4 is 29.9 Å². The van der Waals surface area contributed by atoms with Crippen molar-refractivity contribution in [2.75, 3.05) is 27.3 Å². The van der Waals surface area contributed by atoms with E-state index in [0.717, 1.165) is 12.0 Å². The normalized spacial score (nSPS) is 10.7. The van der Waals surface area contributed by atoms with Crippen molar-refractivity contribution in [3.05, 3.63) is 53.6 Å². The number of hydrogen-bond acceptors (Lipinski definition) is 4. The number of halogens is 2. The van der Waals surface area contributed by atoms with Gasteiger partial charge in [0.25, 0.3) is 0 Å². The number of rotatable bonds is 8. The molecule has 0 aliphatic heterocycles. The summed E-state index contributed by atoms with van der Waals surface area (Å²) >= 11 is 0. The van der Waals surface area contributed by atoms with E-state index in [4.69, 9.17) is 9.47 Å². The van der Waals surface area contributed by atoms with Crippen molar-refractivity contribution in [3.63, 3.8) is 0 Å². The molecule has 8 heteroatoms. The molecule has 1 aromatic heterocycles. The van der Waals surface area contributed by atoms with Gasteiger partial charge < -0.3 is 20.1 Å². The maximum atomic E-state index is 13.6. The first-order chi connectivity index (χ1) is 12.7. The summed E-state index contributed by atoms with van der Waals surface area (Å²) in [6.45, 7) is 3.55. The fourth-order valence-corrected chi connectivity index (χ4v) is 2.39. The molecule has 0 saturated carbocycles. The highest BCUT2D eigenvalue weighted by atomic mass is 127. The molecule has 0 fully saturated rings. The van der Waals surface area contributed by atoms with Gasteiger partial charge >= 0.3 is 0 Å². The molecule has 27 heavy (non-hydrogen) atoms. The van der Waals surface area contributed by atoms with E-state index in [9.17, 15) is 4.39 Å². The Balaban J connectivity index is 0.00000364. The van der Waals surface area contributed by atoms with Crippen LogP contribution in [0.5, 0.6) is 11.5 Å². The Morgan fingerprint density at radius 2 is 1.93 bits per heavy atom. The van der Waals surface area contributed by atoms with Crippen LogP contribution in [-0.2, 0) is 13.0 Å². The predicted octanol–water partition coefficient (Wildman–Crippen LogP) is 3.15. The highest BCUT2D eigenvalue weighted by Gasteiger charge is 2.06. The number of nitrogens with one attached hydrogen (secondary N) is 2. The molecular formula is C19H26FIN4O2. The number of hydrogen-bond donors (Lipinski definition) is 2. The zero-order chi connectivity index (χ0) is 18.8.